The summed E-state index contributed by atoms with van der Waals surface area (Å²) in [5, 5.41) is 30.6. The highest BCUT2D eigenvalue weighted by molar-refractivity contribution is 6.00. The monoisotopic (exact) mass is 415 g/mol. The third-order valence-electron chi connectivity index (χ3n) is 4.40. The molecule has 0 saturated carbocycles. The van der Waals surface area contributed by atoms with Crippen molar-refractivity contribution in [2.75, 3.05) is 11.9 Å². The van der Waals surface area contributed by atoms with Crippen LogP contribution in [0, 0.1) is 28.6 Å². The van der Waals surface area contributed by atoms with Crippen LogP contribution in [0.4, 0.5) is 5.69 Å². The number of aliphatic carboxylic acids is 1. The normalized spacial score (nSPS) is 11.6. The number of benzene rings is 1. The first-order chi connectivity index (χ1) is 15.1. The fraction of sp³-hybridized carbons (Fsp3) is 0.292. The summed E-state index contributed by atoms with van der Waals surface area (Å²) >= 11 is 0. The maximum Gasteiger partial charge on any atom is 0.303 e. The van der Waals surface area contributed by atoms with Gasteiger partial charge >= 0.3 is 5.97 Å². The number of carboxylic acids is 1. The number of rotatable bonds is 10. The van der Waals surface area contributed by atoms with Crippen LogP contribution in [0.2, 0.25) is 0 Å². The van der Waals surface area contributed by atoms with Gasteiger partial charge in [0.25, 0.3) is 0 Å². The van der Waals surface area contributed by atoms with Gasteiger partial charge in [0.2, 0.25) is 0 Å². The number of hydrogen-bond donors (Lipinski definition) is 2. The average molecular weight is 415 g/mol. The maximum atomic E-state index is 10.8. The number of allylic oxidation sites excluding steroid dienone is 1. The van der Waals surface area contributed by atoms with Crippen LogP contribution in [0.25, 0.3) is 5.57 Å². The van der Waals surface area contributed by atoms with E-state index in [0.717, 1.165) is 23.1 Å². The van der Waals surface area contributed by atoms with Crippen LogP contribution in [0.5, 0.6) is 0 Å². The van der Waals surface area contributed by atoms with Crippen LogP contribution >= 0.6 is 0 Å². The largest absolute Gasteiger partial charge is 0.481 e. The van der Waals surface area contributed by atoms with Gasteiger partial charge in [-0.15, -0.1) is 0 Å². The summed E-state index contributed by atoms with van der Waals surface area (Å²) in [5.74, 6) is -1.46. The minimum atomic E-state index is -0.973. The smallest absolute Gasteiger partial charge is 0.303 e. The Morgan fingerprint density at radius 1 is 1.26 bits per heavy atom. The number of aromatic nitrogens is 1. The zero-order valence-electron chi connectivity index (χ0n) is 17.5. The highest BCUT2D eigenvalue weighted by Crippen LogP contribution is 2.26. The molecule has 7 heteroatoms. The van der Waals surface area contributed by atoms with E-state index in [1.807, 2.05) is 61.5 Å². The summed E-state index contributed by atoms with van der Waals surface area (Å²) in [6.07, 6.45) is 7.54. The minimum Gasteiger partial charge on any atom is -0.481 e. The fourth-order valence-corrected chi connectivity index (χ4v) is 2.92. The van der Waals surface area contributed by atoms with Gasteiger partial charge in [0.1, 0.15) is 5.84 Å². The number of carbonyl (C=O) groups is 1. The van der Waals surface area contributed by atoms with E-state index in [4.69, 9.17) is 5.11 Å². The van der Waals surface area contributed by atoms with Gasteiger partial charge in [-0.25, -0.2) is 0 Å². The van der Waals surface area contributed by atoms with Crippen LogP contribution in [-0.2, 0) is 4.79 Å². The third-order valence-corrected chi connectivity index (χ3v) is 4.40. The fourth-order valence-electron chi connectivity index (χ4n) is 2.92. The number of nitrogens with zero attached hydrogens (tertiary/aromatic N) is 4. The van der Waals surface area contributed by atoms with E-state index < -0.39 is 11.9 Å². The standard InChI is InChI=1S/C24H25N5O2/c1-2-12-28-24(20(15-25)16-26)29-21-9-5-7-18(14-21)22(10-3-4-11-23(30)31)19-8-6-13-27-17-19/h5-10,13-14,17,20H,2-4,11-12H2,1H3,(H,28,29)(H,30,31)/b22-10+. The van der Waals surface area contributed by atoms with E-state index in [-0.39, 0.29) is 6.42 Å². The summed E-state index contributed by atoms with van der Waals surface area (Å²) < 4.78 is 0. The summed E-state index contributed by atoms with van der Waals surface area (Å²) in [6.45, 7) is 2.50. The molecule has 0 aliphatic heterocycles. The lowest BCUT2D eigenvalue weighted by Crippen LogP contribution is -2.21. The SMILES string of the molecule is CCCN=C(Nc1cccc(/C(=C\CCCC(=O)O)c2cccnc2)c1)C(C#N)C#N. The Hall–Kier alpha value is -3.97. The molecule has 0 bridgehead atoms. The second-order valence-corrected chi connectivity index (χ2v) is 6.81. The van der Waals surface area contributed by atoms with E-state index in [1.54, 1.807) is 12.4 Å². The van der Waals surface area contributed by atoms with Gasteiger partial charge in [-0.1, -0.05) is 31.2 Å². The van der Waals surface area contributed by atoms with Gasteiger partial charge in [0, 0.05) is 36.6 Å². The number of anilines is 1. The quantitative estimate of drug-likeness (QED) is 0.331. The molecule has 0 aliphatic rings. The Morgan fingerprint density at radius 3 is 2.68 bits per heavy atom. The summed E-state index contributed by atoms with van der Waals surface area (Å²) in [6, 6.07) is 15.3. The molecule has 1 aromatic heterocycles. The first-order valence-electron chi connectivity index (χ1n) is 10.1. The number of aliphatic imine (C=N–C) groups is 1. The van der Waals surface area contributed by atoms with Crippen molar-refractivity contribution in [2.45, 2.75) is 32.6 Å². The Bertz CT molecular complexity index is 1000. The first-order valence-corrected chi connectivity index (χ1v) is 10.1. The topological polar surface area (TPSA) is 122 Å². The number of pyridine rings is 1. The number of hydrogen-bond acceptors (Lipinski definition) is 5. The van der Waals surface area contributed by atoms with Gasteiger partial charge < -0.3 is 10.4 Å². The molecule has 31 heavy (non-hydrogen) atoms. The van der Waals surface area contributed by atoms with Gasteiger partial charge in [0.15, 0.2) is 5.92 Å². The lowest BCUT2D eigenvalue weighted by Gasteiger charge is -2.14. The van der Waals surface area contributed by atoms with Crippen molar-refractivity contribution in [3.63, 3.8) is 0 Å². The number of amidine groups is 1. The molecule has 2 N–H and O–H groups in total. The van der Waals surface area contributed by atoms with Gasteiger partial charge in [-0.2, -0.15) is 10.5 Å². The van der Waals surface area contributed by atoms with E-state index in [9.17, 15) is 15.3 Å². The summed E-state index contributed by atoms with van der Waals surface area (Å²) in [5.41, 5.74) is 3.48. The minimum absolute atomic E-state index is 0.110. The molecule has 0 saturated heterocycles. The van der Waals surface area contributed by atoms with Crippen molar-refractivity contribution in [2.24, 2.45) is 10.9 Å². The van der Waals surface area contributed by atoms with Gasteiger partial charge in [-0.3, -0.25) is 14.8 Å². The van der Waals surface area contributed by atoms with Gasteiger partial charge in [-0.05, 0) is 48.6 Å². The number of unbranched alkanes of at least 4 members (excludes halogenated alkanes) is 1. The lowest BCUT2D eigenvalue weighted by atomic mass is 9.97. The Morgan fingerprint density at radius 2 is 2.03 bits per heavy atom. The van der Waals surface area contributed by atoms with Crippen molar-refractivity contribution in [3.05, 3.63) is 66.0 Å². The molecular weight excluding hydrogens is 390 g/mol. The zero-order valence-corrected chi connectivity index (χ0v) is 17.5. The zero-order chi connectivity index (χ0) is 22.5. The molecule has 158 valence electrons. The molecule has 0 spiro atoms. The van der Waals surface area contributed by atoms with E-state index in [1.165, 1.54) is 0 Å². The summed E-state index contributed by atoms with van der Waals surface area (Å²) in [7, 11) is 0. The lowest BCUT2D eigenvalue weighted by molar-refractivity contribution is -0.137. The van der Waals surface area contributed by atoms with Crippen LogP contribution in [0.1, 0.15) is 43.7 Å². The molecular formula is C24H25N5O2. The second kappa shape index (κ2) is 12.6. The van der Waals surface area contributed by atoms with Crippen molar-refractivity contribution in [1.29, 1.82) is 10.5 Å². The number of nitriles is 2. The first kappa shape index (κ1) is 23.3. The van der Waals surface area contributed by atoms with E-state index in [2.05, 4.69) is 15.3 Å². The van der Waals surface area contributed by atoms with Crippen LogP contribution in [-0.4, -0.2) is 28.4 Å². The Labute approximate surface area is 182 Å². The molecule has 0 amide bonds. The molecule has 1 heterocycles. The Balaban J connectivity index is 2.35. The summed E-state index contributed by atoms with van der Waals surface area (Å²) in [4.78, 5) is 19.4. The maximum absolute atomic E-state index is 10.8. The van der Waals surface area contributed by atoms with Gasteiger partial charge in [0.05, 0.1) is 12.1 Å². The van der Waals surface area contributed by atoms with Crippen molar-refractivity contribution < 1.29 is 9.90 Å². The molecule has 1 aromatic carbocycles. The third kappa shape index (κ3) is 7.41. The predicted octanol–water partition coefficient (Wildman–Crippen LogP) is 4.65. The van der Waals surface area contributed by atoms with E-state index in [0.29, 0.717) is 30.9 Å². The highest BCUT2D eigenvalue weighted by atomic mass is 16.4. The average Bonchev–Trinajstić information content (AvgIpc) is 2.78. The molecule has 7 nitrogen and oxygen atoms in total. The molecule has 2 rings (SSSR count). The van der Waals surface area contributed by atoms with E-state index >= 15 is 0 Å². The predicted molar refractivity (Wildman–Crippen MR) is 120 cm³/mol. The highest BCUT2D eigenvalue weighted by Gasteiger charge is 2.15. The van der Waals surface area contributed by atoms with Crippen molar-refractivity contribution in [1.82, 2.24) is 4.98 Å². The molecule has 2 aromatic rings. The molecule has 0 radical (unpaired) electrons. The second-order valence-electron chi connectivity index (χ2n) is 6.81. The molecule has 0 unspecified atom stereocenters. The number of nitrogens with one attached hydrogen (secondary N) is 1. The molecule has 0 aliphatic carbocycles. The Kier molecular flexibility index (Phi) is 9.45. The molecule has 0 atom stereocenters. The van der Waals surface area contributed by atoms with Crippen LogP contribution in [0.15, 0.2) is 59.9 Å². The molecule has 0 fully saturated rings. The number of carboxylic acid groups (broad SMARTS) is 1. The van der Waals surface area contributed by atoms with Crippen molar-refractivity contribution in [3.8, 4) is 12.1 Å². The van der Waals surface area contributed by atoms with Crippen LogP contribution in [0.3, 0.4) is 0 Å². The van der Waals surface area contributed by atoms with Crippen molar-refractivity contribution >= 4 is 23.1 Å². The van der Waals surface area contributed by atoms with Crippen LogP contribution < -0.4 is 5.32 Å².